The van der Waals surface area contributed by atoms with Gasteiger partial charge in [0, 0.05) is 24.9 Å². The van der Waals surface area contributed by atoms with Gasteiger partial charge in [-0.2, -0.15) is 4.98 Å². The second kappa shape index (κ2) is 9.31. The van der Waals surface area contributed by atoms with Gasteiger partial charge in [-0.25, -0.2) is 9.78 Å². The lowest BCUT2D eigenvalue weighted by atomic mass is 10.1. The molecule has 10 heteroatoms. The Bertz CT molecular complexity index is 1030. The number of nitrogens with one attached hydrogen (secondary N) is 1. The summed E-state index contributed by atoms with van der Waals surface area (Å²) < 4.78 is 5.23. The zero-order valence-electron chi connectivity index (χ0n) is 18.6. The van der Waals surface area contributed by atoms with E-state index in [1.165, 1.54) is 9.80 Å². The fraction of sp³-hybridized carbons (Fsp3) is 0.409. The highest BCUT2D eigenvalue weighted by Crippen LogP contribution is 2.28. The standard InChI is InChI=1S/C22H27N5O5/c1-14-12-17(24-20(23-14)25-21(31)32-22(2,3)4)27-13-18(29)26(10-7-11-28)16-9-6-5-8-15(16)19(27)30/h5-6,8-9,12,28H,7,10-11,13H2,1-4H3,(H,23,24,25,31). The molecule has 0 unspecified atom stereocenters. The smallest absolute Gasteiger partial charge is 0.414 e. The summed E-state index contributed by atoms with van der Waals surface area (Å²) in [7, 11) is 0. The number of aromatic nitrogens is 2. The van der Waals surface area contributed by atoms with Gasteiger partial charge in [0.1, 0.15) is 18.0 Å². The normalized spacial score (nSPS) is 14.2. The van der Waals surface area contributed by atoms with Gasteiger partial charge in [0.2, 0.25) is 11.9 Å². The summed E-state index contributed by atoms with van der Waals surface area (Å²) >= 11 is 0. The predicted octanol–water partition coefficient (Wildman–Crippen LogP) is 2.51. The number of nitrogens with zero attached hydrogens (tertiary/aromatic N) is 4. The number of anilines is 3. The highest BCUT2D eigenvalue weighted by atomic mass is 16.6. The summed E-state index contributed by atoms with van der Waals surface area (Å²) in [6.07, 6.45) is -0.349. The number of aryl methyl sites for hydroxylation is 1. The molecular weight excluding hydrogens is 414 g/mol. The summed E-state index contributed by atoms with van der Waals surface area (Å²) in [5, 5.41) is 11.7. The molecule has 0 saturated carbocycles. The van der Waals surface area contributed by atoms with Gasteiger partial charge in [-0.1, -0.05) is 12.1 Å². The number of benzene rings is 1. The molecule has 170 valence electrons. The van der Waals surface area contributed by atoms with Gasteiger partial charge in [-0.05, 0) is 46.2 Å². The van der Waals surface area contributed by atoms with E-state index in [2.05, 4.69) is 15.3 Å². The molecule has 0 atom stereocenters. The molecule has 0 aliphatic carbocycles. The molecule has 10 nitrogen and oxygen atoms in total. The monoisotopic (exact) mass is 441 g/mol. The Morgan fingerprint density at radius 1 is 1.22 bits per heavy atom. The number of carbonyl (C=O) groups excluding carboxylic acids is 3. The average Bonchev–Trinajstić information content (AvgIpc) is 2.79. The zero-order chi connectivity index (χ0) is 23.5. The highest BCUT2D eigenvalue weighted by Gasteiger charge is 2.33. The molecule has 0 bridgehead atoms. The maximum absolute atomic E-state index is 13.4. The third kappa shape index (κ3) is 5.38. The molecule has 1 aliphatic heterocycles. The van der Waals surface area contributed by atoms with E-state index in [9.17, 15) is 19.5 Å². The Balaban J connectivity index is 1.96. The van der Waals surface area contributed by atoms with Crippen LogP contribution in [0.25, 0.3) is 0 Å². The summed E-state index contributed by atoms with van der Waals surface area (Å²) in [5.74, 6) is -0.568. The van der Waals surface area contributed by atoms with E-state index in [-0.39, 0.29) is 37.4 Å². The molecule has 2 aromatic rings. The molecule has 32 heavy (non-hydrogen) atoms. The second-order valence-electron chi connectivity index (χ2n) is 8.35. The molecule has 2 N–H and O–H groups in total. The molecule has 0 fully saturated rings. The number of hydrogen-bond donors (Lipinski definition) is 2. The van der Waals surface area contributed by atoms with Gasteiger partial charge in [-0.3, -0.25) is 19.8 Å². The van der Waals surface area contributed by atoms with E-state index >= 15 is 0 Å². The van der Waals surface area contributed by atoms with Crippen molar-refractivity contribution in [1.82, 2.24) is 9.97 Å². The Hall–Kier alpha value is -3.53. The molecular formula is C22H27N5O5. The molecule has 0 spiro atoms. The van der Waals surface area contributed by atoms with Crippen molar-refractivity contribution in [2.45, 2.75) is 39.7 Å². The zero-order valence-corrected chi connectivity index (χ0v) is 18.6. The Morgan fingerprint density at radius 2 is 1.94 bits per heavy atom. The number of amides is 3. The van der Waals surface area contributed by atoms with Crippen molar-refractivity contribution in [1.29, 1.82) is 0 Å². The SMILES string of the molecule is Cc1cc(N2CC(=O)N(CCCO)c3ccccc3C2=O)nc(NC(=O)OC(C)(C)C)n1. The topological polar surface area (TPSA) is 125 Å². The van der Waals surface area contributed by atoms with Gasteiger partial charge < -0.3 is 14.7 Å². The van der Waals surface area contributed by atoms with Crippen LogP contribution in [0.4, 0.5) is 22.2 Å². The van der Waals surface area contributed by atoms with Gasteiger partial charge in [0.25, 0.3) is 5.91 Å². The van der Waals surface area contributed by atoms with Crippen LogP contribution in [0.15, 0.2) is 30.3 Å². The summed E-state index contributed by atoms with van der Waals surface area (Å²) in [4.78, 5) is 49.7. The molecule has 3 amide bonds. The Labute approximate surface area is 186 Å². The molecule has 1 aromatic heterocycles. The van der Waals surface area contributed by atoms with E-state index < -0.39 is 17.6 Å². The number of aliphatic hydroxyl groups is 1. The molecule has 0 saturated heterocycles. The minimum absolute atomic E-state index is 0.0378. The third-order valence-electron chi connectivity index (χ3n) is 4.53. The molecule has 3 rings (SSSR count). The fourth-order valence-corrected chi connectivity index (χ4v) is 3.26. The Morgan fingerprint density at radius 3 is 2.62 bits per heavy atom. The predicted molar refractivity (Wildman–Crippen MR) is 119 cm³/mol. The van der Waals surface area contributed by atoms with Crippen LogP contribution < -0.4 is 15.1 Å². The van der Waals surface area contributed by atoms with Crippen LogP contribution in [-0.4, -0.2) is 58.3 Å². The van der Waals surface area contributed by atoms with E-state index in [1.807, 2.05) is 0 Å². The van der Waals surface area contributed by atoms with Crippen molar-refractivity contribution in [2.75, 3.05) is 34.8 Å². The number of carbonyl (C=O) groups is 3. The highest BCUT2D eigenvalue weighted by molar-refractivity contribution is 6.17. The van der Waals surface area contributed by atoms with Gasteiger partial charge in [-0.15, -0.1) is 0 Å². The van der Waals surface area contributed by atoms with Crippen LogP contribution in [0.5, 0.6) is 0 Å². The van der Waals surface area contributed by atoms with E-state index in [4.69, 9.17) is 4.74 Å². The number of fused-ring (bicyclic) bond motifs is 1. The van der Waals surface area contributed by atoms with Gasteiger partial charge in [0.15, 0.2) is 0 Å². The number of para-hydroxylation sites is 1. The number of aliphatic hydroxyl groups excluding tert-OH is 1. The summed E-state index contributed by atoms with van der Waals surface area (Å²) in [6, 6.07) is 8.38. The molecule has 1 aliphatic rings. The molecule has 1 aromatic carbocycles. The quantitative estimate of drug-likeness (QED) is 0.730. The maximum Gasteiger partial charge on any atom is 0.414 e. The number of rotatable bonds is 5. The average molecular weight is 441 g/mol. The van der Waals surface area contributed by atoms with Crippen molar-refractivity contribution in [2.24, 2.45) is 0 Å². The van der Waals surface area contributed by atoms with Crippen LogP contribution in [0.3, 0.4) is 0 Å². The van der Waals surface area contributed by atoms with Crippen LogP contribution in [0.1, 0.15) is 43.2 Å². The summed E-state index contributed by atoms with van der Waals surface area (Å²) in [5.41, 5.74) is 0.618. The van der Waals surface area contributed by atoms with E-state index in [0.717, 1.165) is 0 Å². The van der Waals surface area contributed by atoms with Crippen molar-refractivity contribution in [3.8, 4) is 0 Å². The lowest BCUT2D eigenvalue weighted by molar-refractivity contribution is -0.117. The first-order valence-electron chi connectivity index (χ1n) is 10.3. The fourth-order valence-electron chi connectivity index (χ4n) is 3.26. The van der Waals surface area contributed by atoms with Gasteiger partial charge in [0.05, 0.1) is 11.3 Å². The maximum atomic E-state index is 13.4. The van der Waals surface area contributed by atoms with Gasteiger partial charge >= 0.3 is 6.09 Å². The van der Waals surface area contributed by atoms with Crippen LogP contribution in [0.2, 0.25) is 0 Å². The lowest BCUT2D eigenvalue weighted by Crippen LogP contribution is -2.40. The second-order valence-corrected chi connectivity index (χ2v) is 8.35. The molecule has 0 radical (unpaired) electrons. The van der Waals surface area contributed by atoms with Crippen LogP contribution in [-0.2, 0) is 9.53 Å². The van der Waals surface area contributed by atoms with E-state index in [1.54, 1.807) is 58.0 Å². The lowest BCUT2D eigenvalue weighted by Gasteiger charge is -2.22. The first-order chi connectivity index (χ1) is 15.1. The largest absolute Gasteiger partial charge is 0.444 e. The van der Waals surface area contributed by atoms with Crippen molar-refractivity contribution in [3.05, 3.63) is 41.6 Å². The Kier molecular flexibility index (Phi) is 6.73. The number of ether oxygens (including phenoxy) is 1. The van der Waals surface area contributed by atoms with Crippen molar-refractivity contribution < 1.29 is 24.2 Å². The molecule has 2 heterocycles. The van der Waals surface area contributed by atoms with E-state index in [0.29, 0.717) is 23.4 Å². The van der Waals surface area contributed by atoms with Crippen molar-refractivity contribution in [3.63, 3.8) is 0 Å². The number of hydrogen-bond acceptors (Lipinski definition) is 7. The first-order valence-corrected chi connectivity index (χ1v) is 10.3. The minimum Gasteiger partial charge on any atom is -0.444 e. The van der Waals surface area contributed by atoms with Crippen LogP contribution >= 0.6 is 0 Å². The minimum atomic E-state index is -0.729. The third-order valence-corrected chi connectivity index (χ3v) is 4.53. The first kappa shape index (κ1) is 23.1. The summed E-state index contributed by atoms with van der Waals surface area (Å²) in [6.45, 7) is 6.85. The van der Waals surface area contributed by atoms with Crippen molar-refractivity contribution >= 4 is 35.4 Å². The van der Waals surface area contributed by atoms with Crippen LogP contribution in [0, 0.1) is 6.92 Å².